The Balaban J connectivity index is 1.67. The van der Waals surface area contributed by atoms with Crippen LogP contribution in [0.25, 0.3) is 0 Å². The normalized spacial score (nSPS) is 16.5. The van der Waals surface area contributed by atoms with Crippen molar-refractivity contribution >= 4 is 11.6 Å². The Morgan fingerprint density at radius 1 is 1.11 bits per heavy atom. The van der Waals surface area contributed by atoms with Gasteiger partial charge in [0.15, 0.2) is 0 Å². The van der Waals surface area contributed by atoms with Crippen LogP contribution in [0, 0.1) is 0 Å². The van der Waals surface area contributed by atoms with Gasteiger partial charge in [-0.2, -0.15) is 0 Å². The van der Waals surface area contributed by atoms with E-state index in [2.05, 4.69) is 34.5 Å². The summed E-state index contributed by atoms with van der Waals surface area (Å²) in [6.07, 6.45) is 2.58. The van der Waals surface area contributed by atoms with E-state index in [1.54, 1.807) is 7.11 Å². The Labute approximate surface area is 161 Å². The second kappa shape index (κ2) is 9.53. The number of amides is 1. The van der Waals surface area contributed by atoms with Gasteiger partial charge in [-0.3, -0.25) is 9.69 Å². The summed E-state index contributed by atoms with van der Waals surface area (Å²) in [6, 6.07) is 16.3. The number of ether oxygens (including phenoxy) is 2. The topological polar surface area (TPSA) is 50.8 Å². The van der Waals surface area contributed by atoms with E-state index in [4.69, 9.17) is 9.47 Å². The molecule has 1 unspecified atom stereocenters. The summed E-state index contributed by atoms with van der Waals surface area (Å²) in [6.45, 7) is 5.00. The fraction of sp³-hybridized carbons (Fsp3) is 0.409. The second-order valence-corrected chi connectivity index (χ2v) is 7.03. The van der Waals surface area contributed by atoms with Crippen LogP contribution >= 0.6 is 0 Å². The number of carbonyl (C=O) groups excluding carboxylic acids is 1. The molecule has 1 atom stereocenters. The van der Waals surface area contributed by atoms with Crippen molar-refractivity contribution < 1.29 is 14.3 Å². The van der Waals surface area contributed by atoms with Crippen LogP contribution in [0.2, 0.25) is 0 Å². The molecule has 2 aromatic carbocycles. The Hall–Kier alpha value is -2.37. The molecular weight excluding hydrogens is 340 g/mol. The number of anilines is 1. The Kier molecular flexibility index (Phi) is 6.85. The van der Waals surface area contributed by atoms with Crippen LogP contribution in [-0.4, -0.2) is 37.2 Å². The Morgan fingerprint density at radius 2 is 1.74 bits per heavy atom. The molecule has 0 spiro atoms. The van der Waals surface area contributed by atoms with Crippen LogP contribution in [0.1, 0.15) is 30.9 Å². The van der Waals surface area contributed by atoms with Crippen molar-refractivity contribution in [3.05, 3.63) is 59.7 Å². The maximum Gasteiger partial charge on any atom is 0.221 e. The molecule has 1 saturated heterocycles. The monoisotopic (exact) mass is 368 g/mol. The Bertz CT molecular complexity index is 722. The van der Waals surface area contributed by atoms with E-state index in [1.165, 1.54) is 18.1 Å². The maximum atomic E-state index is 11.2. The zero-order valence-electron chi connectivity index (χ0n) is 16.1. The Morgan fingerprint density at radius 3 is 2.26 bits per heavy atom. The number of nitrogens with one attached hydrogen (secondary N) is 1. The number of benzene rings is 2. The minimum atomic E-state index is -0.0535. The summed E-state index contributed by atoms with van der Waals surface area (Å²) in [5.74, 6) is 0.820. The van der Waals surface area contributed by atoms with Gasteiger partial charge in [0.05, 0.1) is 13.2 Å². The van der Waals surface area contributed by atoms with Gasteiger partial charge in [-0.05, 0) is 48.2 Å². The van der Waals surface area contributed by atoms with Crippen molar-refractivity contribution in [2.24, 2.45) is 0 Å². The predicted molar refractivity (Wildman–Crippen MR) is 107 cm³/mol. The van der Waals surface area contributed by atoms with Gasteiger partial charge in [-0.25, -0.2) is 0 Å². The standard InChI is InChI=1S/C22H28N2O3/c1-17(25)23-20-9-5-18(6-10-20)14-24(16-22-4-3-13-27-22)15-19-7-11-21(26-2)12-8-19/h5-12,22H,3-4,13-16H2,1-2H3,(H,23,25). The molecule has 5 heteroatoms. The van der Waals surface area contributed by atoms with Crippen LogP contribution in [0.3, 0.4) is 0 Å². The molecule has 5 nitrogen and oxygen atoms in total. The highest BCUT2D eigenvalue weighted by Crippen LogP contribution is 2.19. The van der Waals surface area contributed by atoms with Gasteiger partial charge in [-0.15, -0.1) is 0 Å². The maximum absolute atomic E-state index is 11.2. The first kappa shape index (κ1) is 19.4. The van der Waals surface area contributed by atoms with Crippen LogP contribution in [0.15, 0.2) is 48.5 Å². The van der Waals surface area contributed by atoms with E-state index in [9.17, 15) is 4.79 Å². The molecule has 0 saturated carbocycles. The number of hydrogen-bond acceptors (Lipinski definition) is 4. The number of carbonyl (C=O) groups is 1. The summed E-state index contributed by atoms with van der Waals surface area (Å²) >= 11 is 0. The highest BCUT2D eigenvalue weighted by Gasteiger charge is 2.19. The SMILES string of the molecule is COc1ccc(CN(Cc2ccc(NC(C)=O)cc2)CC2CCCO2)cc1. The molecule has 0 aromatic heterocycles. The molecule has 144 valence electrons. The highest BCUT2D eigenvalue weighted by molar-refractivity contribution is 5.88. The lowest BCUT2D eigenvalue weighted by Gasteiger charge is -2.25. The van der Waals surface area contributed by atoms with E-state index >= 15 is 0 Å². The smallest absolute Gasteiger partial charge is 0.221 e. The average Bonchev–Trinajstić information content (AvgIpc) is 3.16. The van der Waals surface area contributed by atoms with Gasteiger partial charge in [0, 0.05) is 38.9 Å². The van der Waals surface area contributed by atoms with E-state index in [0.717, 1.165) is 50.5 Å². The van der Waals surface area contributed by atoms with Crippen molar-refractivity contribution in [3.8, 4) is 5.75 Å². The van der Waals surface area contributed by atoms with Crippen molar-refractivity contribution in [1.82, 2.24) is 4.90 Å². The zero-order valence-corrected chi connectivity index (χ0v) is 16.1. The molecule has 27 heavy (non-hydrogen) atoms. The van der Waals surface area contributed by atoms with Crippen LogP contribution in [0.4, 0.5) is 5.69 Å². The fourth-order valence-corrected chi connectivity index (χ4v) is 3.41. The third-order valence-corrected chi connectivity index (χ3v) is 4.73. The molecule has 1 aliphatic rings. The minimum absolute atomic E-state index is 0.0535. The molecule has 2 aromatic rings. The van der Waals surface area contributed by atoms with Gasteiger partial charge >= 0.3 is 0 Å². The first-order valence-corrected chi connectivity index (χ1v) is 9.46. The minimum Gasteiger partial charge on any atom is -0.497 e. The highest BCUT2D eigenvalue weighted by atomic mass is 16.5. The molecule has 0 bridgehead atoms. The largest absolute Gasteiger partial charge is 0.497 e. The second-order valence-electron chi connectivity index (χ2n) is 7.03. The third kappa shape index (κ3) is 6.08. The number of rotatable bonds is 8. The molecule has 1 aliphatic heterocycles. The van der Waals surface area contributed by atoms with E-state index in [-0.39, 0.29) is 5.91 Å². The summed E-state index contributed by atoms with van der Waals surface area (Å²) < 4.78 is 11.1. The molecule has 1 fully saturated rings. The molecule has 1 amide bonds. The summed E-state index contributed by atoms with van der Waals surface area (Å²) in [4.78, 5) is 13.6. The summed E-state index contributed by atoms with van der Waals surface area (Å²) in [5, 5.41) is 2.81. The van der Waals surface area contributed by atoms with Crippen LogP contribution in [-0.2, 0) is 22.6 Å². The quantitative estimate of drug-likeness (QED) is 0.769. The third-order valence-electron chi connectivity index (χ3n) is 4.73. The van der Waals surface area contributed by atoms with Gasteiger partial charge in [0.1, 0.15) is 5.75 Å². The lowest BCUT2D eigenvalue weighted by molar-refractivity contribution is -0.114. The van der Waals surface area contributed by atoms with E-state index in [0.29, 0.717) is 6.10 Å². The van der Waals surface area contributed by atoms with Crippen molar-refractivity contribution in [2.75, 3.05) is 25.6 Å². The molecule has 3 rings (SSSR count). The van der Waals surface area contributed by atoms with Crippen molar-refractivity contribution in [3.63, 3.8) is 0 Å². The van der Waals surface area contributed by atoms with Gasteiger partial charge < -0.3 is 14.8 Å². The predicted octanol–water partition coefficient (Wildman–Crippen LogP) is 3.83. The van der Waals surface area contributed by atoms with E-state index in [1.807, 2.05) is 24.3 Å². The van der Waals surface area contributed by atoms with Gasteiger partial charge in [0.25, 0.3) is 0 Å². The van der Waals surface area contributed by atoms with Crippen molar-refractivity contribution in [1.29, 1.82) is 0 Å². The van der Waals surface area contributed by atoms with Crippen LogP contribution < -0.4 is 10.1 Å². The molecule has 0 aliphatic carbocycles. The van der Waals surface area contributed by atoms with E-state index < -0.39 is 0 Å². The lowest BCUT2D eigenvalue weighted by Crippen LogP contribution is -2.31. The van der Waals surface area contributed by atoms with Crippen LogP contribution in [0.5, 0.6) is 5.75 Å². The number of methoxy groups -OCH3 is 1. The number of hydrogen-bond donors (Lipinski definition) is 1. The first-order chi connectivity index (χ1) is 13.1. The zero-order chi connectivity index (χ0) is 19.1. The fourth-order valence-electron chi connectivity index (χ4n) is 3.41. The summed E-state index contributed by atoms with van der Waals surface area (Å²) in [5.41, 5.74) is 3.30. The molecule has 0 radical (unpaired) electrons. The first-order valence-electron chi connectivity index (χ1n) is 9.46. The molecule has 1 heterocycles. The molecular formula is C22H28N2O3. The molecule has 1 N–H and O–H groups in total. The van der Waals surface area contributed by atoms with Crippen molar-refractivity contribution in [2.45, 2.75) is 39.0 Å². The number of nitrogens with zero attached hydrogens (tertiary/aromatic N) is 1. The lowest BCUT2D eigenvalue weighted by atomic mass is 10.1. The average molecular weight is 368 g/mol. The van der Waals surface area contributed by atoms with Gasteiger partial charge in [0.2, 0.25) is 5.91 Å². The van der Waals surface area contributed by atoms with Gasteiger partial charge in [-0.1, -0.05) is 24.3 Å². The summed E-state index contributed by atoms with van der Waals surface area (Å²) in [7, 11) is 1.68.